The molecule has 0 radical (unpaired) electrons. The Hall–Kier alpha value is -0.120. The molecule has 2 unspecified atom stereocenters. The van der Waals surface area contributed by atoms with Crippen LogP contribution >= 0.6 is 0 Å². The number of hydrogen-bond acceptors (Lipinski definition) is 3. The Morgan fingerprint density at radius 2 is 2.11 bits per heavy atom. The quantitative estimate of drug-likeness (QED) is 0.652. The molecule has 1 N–H and O–H groups in total. The Bertz CT molecular complexity index is 211. The van der Waals surface area contributed by atoms with E-state index >= 15 is 0 Å². The molecule has 114 valence electrons. The van der Waals surface area contributed by atoms with Gasteiger partial charge in [-0.1, -0.05) is 13.3 Å². The maximum Gasteiger partial charge on any atom is 0.0477 e. The first-order valence-corrected chi connectivity index (χ1v) is 8.30. The molecule has 0 aromatic carbocycles. The second-order valence-corrected chi connectivity index (χ2v) is 5.84. The fourth-order valence-corrected chi connectivity index (χ4v) is 2.92. The fraction of sp³-hybridized carbons (Fsp3) is 1.00. The lowest BCUT2D eigenvalue weighted by molar-refractivity contribution is 0.143. The molecular weight excluding hydrogens is 236 g/mol. The van der Waals surface area contributed by atoms with Crippen LogP contribution in [0.1, 0.15) is 52.9 Å². The van der Waals surface area contributed by atoms with Gasteiger partial charge in [-0.05, 0) is 65.1 Å². The smallest absolute Gasteiger partial charge is 0.0477 e. The highest BCUT2D eigenvalue weighted by Crippen LogP contribution is 2.21. The third-order valence-electron chi connectivity index (χ3n) is 4.37. The lowest BCUT2D eigenvalue weighted by atomic mass is 9.98. The first kappa shape index (κ1) is 16.9. The summed E-state index contributed by atoms with van der Waals surface area (Å²) < 4.78 is 5.35. The lowest BCUT2D eigenvalue weighted by Crippen LogP contribution is -2.41. The van der Waals surface area contributed by atoms with E-state index in [1.54, 1.807) is 0 Å². The Morgan fingerprint density at radius 1 is 1.26 bits per heavy atom. The Morgan fingerprint density at radius 3 is 2.84 bits per heavy atom. The van der Waals surface area contributed by atoms with E-state index in [0.717, 1.165) is 38.6 Å². The predicted octanol–water partition coefficient (Wildman–Crippen LogP) is 2.90. The minimum Gasteiger partial charge on any atom is -0.382 e. The van der Waals surface area contributed by atoms with Crippen LogP contribution in [0.4, 0.5) is 0 Å². The van der Waals surface area contributed by atoms with Gasteiger partial charge in [-0.3, -0.25) is 4.90 Å². The van der Waals surface area contributed by atoms with Crippen molar-refractivity contribution in [3.63, 3.8) is 0 Å². The molecule has 1 aliphatic heterocycles. The highest BCUT2D eigenvalue weighted by Gasteiger charge is 2.19. The van der Waals surface area contributed by atoms with Crippen LogP contribution in [0.3, 0.4) is 0 Å². The summed E-state index contributed by atoms with van der Waals surface area (Å²) >= 11 is 0. The average Bonchev–Trinajstić information content (AvgIpc) is 2.67. The van der Waals surface area contributed by atoms with Crippen molar-refractivity contribution in [2.45, 2.75) is 58.9 Å². The predicted molar refractivity (Wildman–Crippen MR) is 82.6 cm³/mol. The molecule has 1 fully saturated rings. The molecule has 0 bridgehead atoms. The summed E-state index contributed by atoms with van der Waals surface area (Å²) in [6.07, 6.45) is 6.69. The highest BCUT2D eigenvalue weighted by atomic mass is 16.5. The van der Waals surface area contributed by atoms with Crippen LogP contribution in [0.25, 0.3) is 0 Å². The van der Waals surface area contributed by atoms with Crippen LogP contribution in [0.5, 0.6) is 0 Å². The van der Waals surface area contributed by atoms with Gasteiger partial charge in [-0.25, -0.2) is 0 Å². The Kier molecular flexibility index (Phi) is 9.48. The van der Waals surface area contributed by atoms with E-state index in [9.17, 15) is 0 Å². The molecule has 0 saturated carbocycles. The van der Waals surface area contributed by atoms with Crippen molar-refractivity contribution in [2.75, 3.05) is 39.4 Å². The van der Waals surface area contributed by atoms with Gasteiger partial charge in [0.05, 0.1) is 0 Å². The normalized spacial score (nSPS) is 23.2. The standard InChI is InChI=1S/C16H34N2O/c1-4-16-8-6-11-18(12-9-16)15(3)14-17-10-7-13-19-5-2/h15-17H,4-14H2,1-3H3. The third-order valence-corrected chi connectivity index (χ3v) is 4.37. The van der Waals surface area contributed by atoms with Gasteiger partial charge in [0.15, 0.2) is 0 Å². The molecule has 19 heavy (non-hydrogen) atoms. The van der Waals surface area contributed by atoms with Gasteiger partial charge in [0.2, 0.25) is 0 Å². The minimum atomic E-state index is 0.669. The van der Waals surface area contributed by atoms with Crippen LogP contribution in [-0.2, 0) is 4.74 Å². The van der Waals surface area contributed by atoms with Gasteiger partial charge in [-0.2, -0.15) is 0 Å². The molecule has 2 atom stereocenters. The van der Waals surface area contributed by atoms with E-state index in [0.29, 0.717) is 6.04 Å². The highest BCUT2D eigenvalue weighted by molar-refractivity contribution is 4.75. The molecule has 3 heteroatoms. The topological polar surface area (TPSA) is 24.5 Å². The summed E-state index contributed by atoms with van der Waals surface area (Å²) in [7, 11) is 0. The first-order valence-electron chi connectivity index (χ1n) is 8.30. The molecule has 1 heterocycles. The fourth-order valence-electron chi connectivity index (χ4n) is 2.92. The molecular formula is C16H34N2O. The summed E-state index contributed by atoms with van der Waals surface area (Å²) in [5.74, 6) is 0.969. The SMILES string of the molecule is CCOCCCNCC(C)N1CCCC(CC)CC1. The summed E-state index contributed by atoms with van der Waals surface area (Å²) in [4.78, 5) is 2.67. The summed E-state index contributed by atoms with van der Waals surface area (Å²) in [6.45, 7) is 13.3. The van der Waals surface area contributed by atoms with Crippen molar-refractivity contribution in [1.82, 2.24) is 10.2 Å². The summed E-state index contributed by atoms with van der Waals surface area (Å²) in [6, 6.07) is 0.669. The largest absolute Gasteiger partial charge is 0.382 e. The second kappa shape index (κ2) is 10.6. The van der Waals surface area contributed by atoms with Gasteiger partial charge >= 0.3 is 0 Å². The monoisotopic (exact) mass is 270 g/mol. The Labute approximate surface area is 120 Å². The number of rotatable bonds is 9. The molecule has 1 aliphatic rings. The zero-order chi connectivity index (χ0) is 13.9. The molecule has 3 nitrogen and oxygen atoms in total. The van der Waals surface area contributed by atoms with E-state index in [1.165, 1.54) is 38.8 Å². The first-order chi connectivity index (χ1) is 9.27. The molecule has 1 saturated heterocycles. The Balaban J connectivity index is 2.09. The zero-order valence-corrected chi connectivity index (χ0v) is 13.3. The van der Waals surface area contributed by atoms with Crippen molar-refractivity contribution >= 4 is 0 Å². The molecule has 0 spiro atoms. The molecule has 1 rings (SSSR count). The lowest BCUT2D eigenvalue weighted by Gasteiger charge is -2.28. The maximum absolute atomic E-state index is 5.35. The number of nitrogens with zero attached hydrogens (tertiary/aromatic N) is 1. The van der Waals surface area contributed by atoms with Crippen LogP contribution in [0.2, 0.25) is 0 Å². The average molecular weight is 270 g/mol. The van der Waals surface area contributed by atoms with Crippen molar-refractivity contribution < 1.29 is 4.74 Å². The van der Waals surface area contributed by atoms with Crippen LogP contribution < -0.4 is 5.32 Å². The van der Waals surface area contributed by atoms with E-state index in [4.69, 9.17) is 4.74 Å². The van der Waals surface area contributed by atoms with Gasteiger partial charge in [0, 0.05) is 25.8 Å². The number of nitrogens with one attached hydrogen (secondary N) is 1. The molecule has 0 aliphatic carbocycles. The molecule has 0 aromatic heterocycles. The second-order valence-electron chi connectivity index (χ2n) is 5.84. The van der Waals surface area contributed by atoms with E-state index in [1.807, 2.05) is 0 Å². The van der Waals surface area contributed by atoms with Crippen LogP contribution in [0, 0.1) is 5.92 Å². The number of hydrogen-bond donors (Lipinski definition) is 1. The molecule has 0 amide bonds. The van der Waals surface area contributed by atoms with Crippen molar-refractivity contribution in [1.29, 1.82) is 0 Å². The van der Waals surface area contributed by atoms with Crippen LogP contribution in [0.15, 0.2) is 0 Å². The zero-order valence-electron chi connectivity index (χ0n) is 13.3. The van der Waals surface area contributed by atoms with Gasteiger partial charge in [0.1, 0.15) is 0 Å². The number of likely N-dealkylation sites (tertiary alicyclic amines) is 1. The number of ether oxygens (including phenoxy) is 1. The van der Waals surface area contributed by atoms with Crippen LogP contribution in [-0.4, -0.2) is 50.3 Å². The van der Waals surface area contributed by atoms with Crippen molar-refractivity contribution in [3.05, 3.63) is 0 Å². The molecule has 0 aromatic rings. The third kappa shape index (κ3) is 7.28. The van der Waals surface area contributed by atoms with E-state index < -0.39 is 0 Å². The van der Waals surface area contributed by atoms with Crippen molar-refractivity contribution in [3.8, 4) is 0 Å². The maximum atomic E-state index is 5.35. The van der Waals surface area contributed by atoms with Gasteiger partial charge < -0.3 is 10.1 Å². The summed E-state index contributed by atoms with van der Waals surface area (Å²) in [5, 5.41) is 3.57. The van der Waals surface area contributed by atoms with Gasteiger partial charge in [0.25, 0.3) is 0 Å². The minimum absolute atomic E-state index is 0.669. The van der Waals surface area contributed by atoms with E-state index in [2.05, 4.69) is 31.0 Å². The van der Waals surface area contributed by atoms with Crippen molar-refractivity contribution in [2.24, 2.45) is 5.92 Å². The van der Waals surface area contributed by atoms with E-state index in [-0.39, 0.29) is 0 Å². The van der Waals surface area contributed by atoms with Gasteiger partial charge in [-0.15, -0.1) is 0 Å². The summed E-state index contributed by atoms with van der Waals surface area (Å²) in [5.41, 5.74) is 0.